The normalized spacial score (nSPS) is 24.8. The van der Waals surface area contributed by atoms with Crippen molar-refractivity contribution in [2.24, 2.45) is 11.3 Å². The second-order valence-electron chi connectivity index (χ2n) is 7.13. The van der Waals surface area contributed by atoms with Crippen molar-refractivity contribution >= 4 is 11.6 Å². The second kappa shape index (κ2) is 5.99. The minimum absolute atomic E-state index is 0.127. The number of piperidine rings is 1. The summed E-state index contributed by atoms with van der Waals surface area (Å²) in [4.78, 5) is 14.9. The average Bonchev–Trinajstić information content (AvgIpc) is 3.26. The topological polar surface area (TPSA) is 41.6 Å². The van der Waals surface area contributed by atoms with E-state index in [1.807, 2.05) is 4.90 Å². The van der Waals surface area contributed by atoms with Crippen LogP contribution in [0.5, 0.6) is 5.75 Å². The zero-order valence-corrected chi connectivity index (χ0v) is 13.6. The first kappa shape index (κ1) is 15.8. The van der Waals surface area contributed by atoms with Crippen LogP contribution in [0.4, 0.5) is 14.5 Å². The van der Waals surface area contributed by atoms with Crippen molar-refractivity contribution in [1.82, 2.24) is 5.32 Å². The molecule has 0 aromatic heterocycles. The largest absolute Gasteiger partial charge is 0.435 e. The summed E-state index contributed by atoms with van der Waals surface area (Å²) in [5.74, 6) is 0.502. The van der Waals surface area contributed by atoms with Gasteiger partial charge in [0.1, 0.15) is 5.75 Å². The number of nitrogens with one attached hydrogen (secondary N) is 1. The standard InChI is InChI=1S/C18H22F2N2O2/c19-17(20)24-13-3-4-15-12(10-13)2-1-9-22(15)16(23)14-11-18(14)5-7-21-8-6-18/h3-4,10,14,17,21H,1-2,5-9,11H2. The number of benzene rings is 1. The molecule has 1 aromatic carbocycles. The lowest BCUT2D eigenvalue weighted by atomic mass is 9.91. The second-order valence-corrected chi connectivity index (χ2v) is 7.13. The Balaban J connectivity index is 1.53. The van der Waals surface area contributed by atoms with Crippen molar-refractivity contribution in [3.05, 3.63) is 23.8 Å². The van der Waals surface area contributed by atoms with E-state index >= 15 is 0 Å². The Morgan fingerprint density at radius 1 is 1.33 bits per heavy atom. The summed E-state index contributed by atoms with van der Waals surface area (Å²) in [7, 11) is 0. The van der Waals surface area contributed by atoms with Crippen LogP contribution in [0.2, 0.25) is 0 Å². The number of ether oxygens (including phenoxy) is 1. The van der Waals surface area contributed by atoms with E-state index in [0.29, 0.717) is 6.54 Å². The molecule has 1 saturated carbocycles. The number of alkyl halides is 2. The zero-order valence-electron chi connectivity index (χ0n) is 13.6. The first-order chi connectivity index (χ1) is 11.6. The third kappa shape index (κ3) is 2.77. The van der Waals surface area contributed by atoms with Crippen LogP contribution in [0.15, 0.2) is 18.2 Å². The van der Waals surface area contributed by atoms with Gasteiger partial charge in [-0.05, 0) is 74.4 Å². The van der Waals surface area contributed by atoms with Crippen LogP contribution in [-0.2, 0) is 11.2 Å². The van der Waals surface area contributed by atoms with Crippen molar-refractivity contribution in [1.29, 1.82) is 0 Å². The summed E-state index contributed by atoms with van der Waals surface area (Å²) in [6, 6.07) is 4.93. The maximum absolute atomic E-state index is 13.0. The molecule has 2 heterocycles. The molecule has 0 bridgehead atoms. The number of anilines is 1. The third-order valence-corrected chi connectivity index (χ3v) is 5.75. The van der Waals surface area contributed by atoms with Gasteiger partial charge < -0.3 is 15.0 Å². The molecule has 1 N–H and O–H groups in total. The quantitative estimate of drug-likeness (QED) is 0.923. The summed E-state index contributed by atoms with van der Waals surface area (Å²) in [6.45, 7) is -0.120. The number of halogens is 2. The Labute approximate surface area is 140 Å². The maximum Gasteiger partial charge on any atom is 0.387 e. The fourth-order valence-corrected chi connectivity index (χ4v) is 4.34. The highest BCUT2D eigenvalue weighted by molar-refractivity contribution is 5.98. The van der Waals surface area contributed by atoms with Gasteiger partial charge in [-0.2, -0.15) is 8.78 Å². The van der Waals surface area contributed by atoms with Crippen LogP contribution < -0.4 is 15.0 Å². The molecule has 1 spiro atoms. The summed E-state index contributed by atoms with van der Waals surface area (Å²) in [5.41, 5.74) is 2.00. The first-order valence-electron chi connectivity index (χ1n) is 8.69. The molecule has 1 atom stereocenters. The van der Waals surface area contributed by atoms with Crippen molar-refractivity contribution in [2.75, 3.05) is 24.5 Å². The molecule has 1 amide bonds. The fourth-order valence-electron chi connectivity index (χ4n) is 4.34. The number of rotatable bonds is 3. The Morgan fingerprint density at radius 2 is 2.12 bits per heavy atom. The predicted molar refractivity (Wildman–Crippen MR) is 86.4 cm³/mol. The molecule has 6 heteroatoms. The van der Waals surface area contributed by atoms with Gasteiger partial charge >= 0.3 is 6.61 Å². The summed E-state index contributed by atoms with van der Waals surface area (Å²) in [5, 5.41) is 3.36. The number of carbonyl (C=O) groups excluding carboxylic acids is 1. The van der Waals surface area contributed by atoms with Gasteiger partial charge in [0.25, 0.3) is 0 Å². The van der Waals surface area contributed by atoms with Gasteiger partial charge in [-0.1, -0.05) is 0 Å². The molecular weight excluding hydrogens is 314 g/mol. The van der Waals surface area contributed by atoms with E-state index in [1.165, 1.54) is 6.07 Å². The van der Waals surface area contributed by atoms with E-state index < -0.39 is 6.61 Å². The molecule has 4 rings (SSSR count). The molecule has 1 saturated heterocycles. The highest BCUT2D eigenvalue weighted by Gasteiger charge is 2.58. The van der Waals surface area contributed by atoms with Gasteiger partial charge in [0.2, 0.25) is 5.91 Å². The van der Waals surface area contributed by atoms with Crippen LogP contribution in [0, 0.1) is 11.3 Å². The van der Waals surface area contributed by atoms with E-state index in [2.05, 4.69) is 10.1 Å². The Hall–Kier alpha value is -1.69. The van der Waals surface area contributed by atoms with E-state index in [9.17, 15) is 13.6 Å². The molecular formula is C18H22F2N2O2. The minimum atomic E-state index is -2.82. The third-order valence-electron chi connectivity index (χ3n) is 5.75. The highest BCUT2D eigenvalue weighted by Crippen LogP contribution is 2.59. The summed E-state index contributed by atoms with van der Waals surface area (Å²) in [6.07, 6.45) is 4.79. The molecule has 1 aliphatic carbocycles. The number of nitrogens with zero attached hydrogens (tertiary/aromatic N) is 1. The molecule has 1 aromatic rings. The van der Waals surface area contributed by atoms with Crippen LogP contribution in [0.3, 0.4) is 0 Å². The van der Waals surface area contributed by atoms with Crippen molar-refractivity contribution in [2.45, 2.75) is 38.7 Å². The van der Waals surface area contributed by atoms with Gasteiger partial charge in [-0.3, -0.25) is 4.79 Å². The molecule has 2 aliphatic heterocycles. The van der Waals surface area contributed by atoms with E-state index in [4.69, 9.17) is 0 Å². The lowest BCUT2D eigenvalue weighted by molar-refractivity contribution is -0.120. The number of hydrogen-bond donors (Lipinski definition) is 1. The monoisotopic (exact) mass is 336 g/mol. The number of amides is 1. The minimum Gasteiger partial charge on any atom is -0.435 e. The molecule has 1 unspecified atom stereocenters. The average molecular weight is 336 g/mol. The van der Waals surface area contributed by atoms with Gasteiger partial charge in [-0.25, -0.2) is 0 Å². The lowest BCUT2D eigenvalue weighted by Gasteiger charge is -2.31. The molecule has 4 nitrogen and oxygen atoms in total. The molecule has 24 heavy (non-hydrogen) atoms. The van der Waals surface area contributed by atoms with Gasteiger partial charge in [-0.15, -0.1) is 0 Å². The van der Waals surface area contributed by atoms with Crippen molar-refractivity contribution < 1.29 is 18.3 Å². The van der Waals surface area contributed by atoms with Crippen molar-refractivity contribution in [3.8, 4) is 5.75 Å². The van der Waals surface area contributed by atoms with Crippen LogP contribution >= 0.6 is 0 Å². The molecule has 130 valence electrons. The summed E-state index contributed by atoms with van der Waals surface area (Å²) >= 11 is 0. The number of aryl methyl sites for hydroxylation is 1. The van der Waals surface area contributed by atoms with Gasteiger partial charge in [0.05, 0.1) is 0 Å². The highest BCUT2D eigenvalue weighted by atomic mass is 19.3. The first-order valence-corrected chi connectivity index (χ1v) is 8.69. The number of carbonyl (C=O) groups is 1. The van der Waals surface area contributed by atoms with E-state index in [0.717, 1.165) is 56.4 Å². The van der Waals surface area contributed by atoms with Crippen molar-refractivity contribution in [3.63, 3.8) is 0 Å². The Kier molecular flexibility index (Phi) is 3.95. The van der Waals surface area contributed by atoms with Crippen LogP contribution in [0.25, 0.3) is 0 Å². The summed E-state index contributed by atoms with van der Waals surface area (Å²) < 4.78 is 29.2. The Bertz CT molecular complexity index is 644. The van der Waals surface area contributed by atoms with Crippen LogP contribution in [-0.4, -0.2) is 32.2 Å². The maximum atomic E-state index is 13.0. The number of hydrogen-bond acceptors (Lipinski definition) is 3. The molecule has 3 aliphatic rings. The van der Waals surface area contributed by atoms with Crippen LogP contribution in [0.1, 0.15) is 31.2 Å². The smallest absolute Gasteiger partial charge is 0.387 e. The van der Waals surface area contributed by atoms with E-state index in [-0.39, 0.29) is 23.0 Å². The number of fused-ring (bicyclic) bond motifs is 1. The molecule has 2 fully saturated rings. The fraction of sp³-hybridized carbons (Fsp3) is 0.611. The van der Waals surface area contributed by atoms with Gasteiger partial charge in [0.15, 0.2) is 0 Å². The lowest BCUT2D eigenvalue weighted by Crippen LogP contribution is -2.39. The Morgan fingerprint density at radius 3 is 2.88 bits per heavy atom. The SMILES string of the molecule is O=C(C1CC12CCNCC2)N1CCCc2cc(OC(F)F)ccc21. The van der Waals surface area contributed by atoms with E-state index in [1.54, 1.807) is 12.1 Å². The zero-order chi connectivity index (χ0) is 16.7. The van der Waals surface area contributed by atoms with Gasteiger partial charge in [0, 0.05) is 18.2 Å². The molecule has 0 radical (unpaired) electrons. The predicted octanol–water partition coefficient (Wildman–Crippen LogP) is 2.96.